The van der Waals surface area contributed by atoms with Gasteiger partial charge in [-0.25, -0.2) is 9.68 Å². The lowest BCUT2D eigenvalue weighted by Crippen LogP contribution is -2.41. The van der Waals surface area contributed by atoms with Crippen molar-refractivity contribution in [3.8, 4) is 33.4 Å². The van der Waals surface area contributed by atoms with Gasteiger partial charge in [-0.3, -0.25) is 0 Å². The van der Waals surface area contributed by atoms with E-state index in [1.807, 2.05) is 6.07 Å². The summed E-state index contributed by atoms with van der Waals surface area (Å²) in [6, 6.07) is 50.1. The van der Waals surface area contributed by atoms with E-state index in [-0.39, 0.29) is 0 Å². The summed E-state index contributed by atoms with van der Waals surface area (Å²) in [6.07, 6.45) is 0. The fraction of sp³-hybridized carbons (Fsp3) is 0.143. The average molecular weight is 586 g/mol. The molecule has 0 amide bonds. The first kappa shape index (κ1) is 27.6. The van der Waals surface area contributed by atoms with Crippen LogP contribution in [0.25, 0.3) is 65.7 Å². The Morgan fingerprint density at radius 3 is 1.31 bits per heavy atom. The Morgan fingerprint density at radius 2 is 0.756 bits per heavy atom. The van der Waals surface area contributed by atoms with Crippen LogP contribution >= 0.6 is 0 Å². The number of fused-ring (bicyclic) bond motifs is 6. The molecule has 3 nitrogen and oxygen atoms in total. The van der Waals surface area contributed by atoms with E-state index < -0.39 is 11.2 Å². The van der Waals surface area contributed by atoms with E-state index in [0.29, 0.717) is 0 Å². The topological polar surface area (TPSA) is 21.7 Å². The molecule has 0 N–H and O–H groups in total. The maximum absolute atomic E-state index is 6.37. The molecule has 7 aromatic rings. The molecule has 8 rings (SSSR count). The van der Waals surface area contributed by atoms with E-state index in [9.17, 15) is 0 Å². The second-order valence-electron chi connectivity index (χ2n) is 12.9. The molecule has 0 bridgehead atoms. The lowest BCUT2D eigenvalue weighted by Gasteiger charge is -2.26. The van der Waals surface area contributed by atoms with Crippen LogP contribution in [0.15, 0.2) is 140 Å². The molecule has 45 heavy (non-hydrogen) atoms. The highest BCUT2D eigenvalue weighted by Crippen LogP contribution is 2.46. The number of benzene rings is 7. The van der Waals surface area contributed by atoms with Crippen LogP contribution in [0, 0.1) is 0 Å². The predicted molar refractivity (Wildman–Crippen MR) is 188 cm³/mol. The number of para-hydroxylation sites is 1. The van der Waals surface area contributed by atoms with Gasteiger partial charge in [-0.2, -0.15) is 0 Å². The van der Waals surface area contributed by atoms with Crippen molar-refractivity contribution in [1.82, 2.24) is 0 Å². The lowest BCUT2D eigenvalue weighted by atomic mass is 9.87. The van der Waals surface area contributed by atoms with Gasteiger partial charge in [0.1, 0.15) is 16.9 Å². The number of hydrogen-bond acceptors (Lipinski definition) is 3. The van der Waals surface area contributed by atoms with Crippen molar-refractivity contribution in [2.24, 2.45) is 0 Å². The van der Waals surface area contributed by atoms with E-state index in [0.717, 1.165) is 22.4 Å². The Kier molecular flexibility index (Phi) is 6.32. The Labute approximate surface area is 264 Å². The maximum atomic E-state index is 6.37. The molecular formula is C42H35NO2. The van der Waals surface area contributed by atoms with Crippen molar-refractivity contribution in [1.29, 1.82) is 0 Å². The molecule has 0 radical (unpaired) electrons. The number of anilines is 1. The van der Waals surface area contributed by atoms with E-state index >= 15 is 0 Å². The third kappa shape index (κ3) is 4.42. The average Bonchev–Trinajstić information content (AvgIpc) is 3.30. The molecule has 0 aromatic heterocycles. The van der Waals surface area contributed by atoms with Crippen LogP contribution < -0.4 is 5.23 Å². The Balaban J connectivity index is 1.30. The molecule has 0 aliphatic carbocycles. The second kappa shape index (κ2) is 10.3. The minimum Gasteiger partial charge on any atom is -0.239 e. The van der Waals surface area contributed by atoms with Crippen molar-refractivity contribution in [3.05, 3.63) is 140 Å². The molecule has 220 valence electrons. The molecule has 1 saturated heterocycles. The van der Waals surface area contributed by atoms with Crippen LogP contribution in [-0.2, 0) is 9.68 Å². The van der Waals surface area contributed by atoms with Crippen LogP contribution in [0.5, 0.6) is 0 Å². The molecule has 0 atom stereocenters. The molecule has 0 spiro atoms. The van der Waals surface area contributed by atoms with E-state index in [1.165, 1.54) is 49.0 Å². The van der Waals surface area contributed by atoms with Gasteiger partial charge in [0, 0.05) is 5.56 Å². The maximum Gasteiger partial charge on any atom is 0.124 e. The third-order valence-electron chi connectivity index (χ3n) is 9.66. The predicted octanol–water partition coefficient (Wildman–Crippen LogP) is 11.4. The Hall–Kier alpha value is -4.96. The Morgan fingerprint density at radius 1 is 0.378 bits per heavy atom. The number of rotatable bonds is 4. The van der Waals surface area contributed by atoms with Crippen LogP contribution in [0.2, 0.25) is 0 Å². The fourth-order valence-electron chi connectivity index (χ4n) is 6.61. The van der Waals surface area contributed by atoms with Gasteiger partial charge in [0.25, 0.3) is 0 Å². The first-order chi connectivity index (χ1) is 21.8. The van der Waals surface area contributed by atoms with E-state index in [2.05, 4.69) is 161 Å². The highest BCUT2D eigenvalue weighted by Gasteiger charge is 2.50. The largest absolute Gasteiger partial charge is 0.239 e. The normalized spacial score (nSPS) is 15.7. The van der Waals surface area contributed by atoms with E-state index in [1.54, 1.807) is 5.23 Å². The zero-order chi connectivity index (χ0) is 30.8. The summed E-state index contributed by atoms with van der Waals surface area (Å²) in [4.78, 5) is 12.7. The van der Waals surface area contributed by atoms with Gasteiger partial charge in [0.05, 0.1) is 0 Å². The quantitative estimate of drug-likeness (QED) is 0.192. The van der Waals surface area contributed by atoms with Gasteiger partial charge in [-0.05, 0) is 100.0 Å². The van der Waals surface area contributed by atoms with Crippen molar-refractivity contribution >= 4 is 38.0 Å². The monoisotopic (exact) mass is 585 g/mol. The van der Waals surface area contributed by atoms with Crippen molar-refractivity contribution in [2.75, 3.05) is 5.23 Å². The van der Waals surface area contributed by atoms with Gasteiger partial charge >= 0.3 is 0 Å². The zero-order valence-electron chi connectivity index (χ0n) is 26.0. The standard InChI is InChI=1S/C42H35NO2/c1-41(2)42(3,4)45-43(44-41)40-24-14-13-23-38(40)35-21-11-9-17-31(35)30-16-6-5-15-29(30)28-25-26-37-34-20-8-7-18-32(34)33-19-10-12-22-36(33)39(37)27-28/h5-27H,1-4H3. The van der Waals surface area contributed by atoms with Crippen molar-refractivity contribution in [2.45, 2.75) is 38.9 Å². The van der Waals surface area contributed by atoms with Gasteiger partial charge in [0.2, 0.25) is 0 Å². The number of hydrogen-bond donors (Lipinski definition) is 0. The lowest BCUT2D eigenvalue weighted by molar-refractivity contribution is -0.0270. The molecule has 1 aliphatic rings. The van der Waals surface area contributed by atoms with Crippen molar-refractivity contribution < 1.29 is 9.68 Å². The summed E-state index contributed by atoms with van der Waals surface area (Å²) in [5.74, 6) is 0. The highest BCUT2D eigenvalue weighted by atomic mass is 17.0. The molecule has 0 saturated carbocycles. The minimum atomic E-state index is -0.488. The Bertz CT molecular complexity index is 2200. The summed E-state index contributed by atoms with van der Waals surface area (Å²) in [5, 5.41) is 9.28. The molecular weight excluding hydrogens is 550 g/mol. The first-order valence-corrected chi connectivity index (χ1v) is 15.6. The molecule has 1 heterocycles. The van der Waals surface area contributed by atoms with E-state index in [4.69, 9.17) is 9.68 Å². The molecule has 1 aliphatic heterocycles. The van der Waals surface area contributed by atoms with Crippen LogP contribution in [-0.4, -0.2) is 11.2 Å². The summed E-state index contributed by atoms with van der Waals surface area (Å²) in [6.45, 7) is 8.26. The minimum absolute atomic E-state index is 0.488. The number of nitrogens with zero attached hydrogens (tertiary/aromatic N) is 1. The summed E-state index contributed by atoms with van der Waals surface area (Å²) >= 11 is 0. The van der Waals surface area contributed by atoms with Crippen molar-refractivity contribution in [3.63, 3.8) is 0 Å². The highest BCUT2D eigenvalue weighted by molar-refractivity contribution is 6.25. The van der Waals surface area contributed by atoms with Gasteiger partial charge in [0.15, 0.2) is 0 Å². The van der Waals surface area contributed by atoms with Gasteiger partial charge in [-0.15, -0.1) is 5.23 Å². The SMILES string of the molecule is CC1(C)ON(c2ccccc2-c2ccccc2-c2ccccc2-c2ccc3c4ccccc4c4ccccc4c3c2)OC1(C)C. The summed E-state index contributed by atoms with van der Waals surface area (Å²) in [7, 11) is 0. The summed E-state index contributed by atoms with van der Waals surface area (Å²) < 4.78 is 0. The molecule has 3 heteroatoms. The second-order valence-corrected chi connectivity index (χ2v) is 12.9. The third-order valence-corrected chi connectivity index (χ3v) is 9.66. The zero-order valence-corrected chi connectivity index (χ0v) is 26.0. The van der Waals surface area contributed by atoms with Crippen LogP contribution in [0.1, 0.15) is 27.7 Å². The van der Waals surface area contributed by atoms with Gasteiger partial charge < -0.3 is 0 Å². The fourth-order valence-corrected chi connectivity index (χ4v) is 6.61. The smallest absolute Gasteiger partial charge is 0.124 e. The van der Waals surface area contributed by atoms with Gasteiger partial charge in [-0.1, -0.05) is 127 Å². The summed E-state index contributed by atoms with van der Waals surface area (Å²) in [5.41, 5.74) is 6.78. The van der Waals surface area contributed by atoms with Crippen LogP contribution in [0.3, 0.4) is 0 Å². The molecule has 7 aromatic carbocycles. The first-order valence-electron chi connectivity index (χ1n) is 15.6. The van der Waals surface area contributed by atoms with Crippen LogP contribution in [0.4, 0.5) is 5.69 Å². The molecule has 0 unspecified atom stereocenters. The molecule has 1 fully saturated rings.